The number of nitrogens with one attached hydrogen (secondary N) is 1. The van der Waals surface area contributed by atoms with Crippen molar-refractivity contribution in [2.45, 2.75) is 32.0 Å². The fraction of sp³-hybridized carbons (Fsp3) is 0.400. The molecule has 2 heterocycles. The molecule has 1 fully saturated rings. The van der Waals surface area contributed by atoms with E-state index < -0.39 is 0 Å². The van der Waals surface area contributed by atoms with Crippen molar-refractivity contribution in [3.8, 4) is 0 Å². The maximum atomic E-state index is 5.82. The molecule has 1 aromatic carbocycles. The van der Waals surface area contributed by atoms with E-state index in [1.165, 1.54) is 0 Å². The van der Waals surface area contributed by atoms with E-state index in [1.807, 2.05) is 6.20 Å². The first kappa shape index (κ1) is 12.9. The molecule has 0 aliphatic carbocycles. The normalized spacial score (nSPS) is 22.8. The van der Waals surface area contributed by atoms with E-state index in [1.54, 1.807) is 0 Å². The van der Waals surface area contributed by atoms with Crippen LogP contribution in [-0.2, 0) is 4.74 Å². The second kappa shape index (κ2) is 5.47. The number of fused-ring (bicyclic) bond motifs is 1. The Bertz CT molecular complexity index is 587. The van der Waals surface area contributed by atoms with Gasteiger partial charge in [-0.25, -0.2) is 0 Å². The van der Waals surface area contributed by atoms with Gasteiger partial charge >= 0.3 is 0 Å². The van der Waals surface area contributed by atoms with Crippen LogP contribution < -0.4 is 5.32 Å². The topological polar surface area (TPSA) is 34.2 Å². The molecule has 0 amide bonds. The number of aromatic nitrogens is 1. The molecule has 2 atom stereocenters. The number of hydrogen-bond donors (Lipinski definition) is 1. The number of ether oxygens (including phenoxy) is 1. The molecule has 3 nitrogen and oxygen atoms in total. The second-order valence-corrected chi connectivity index (χ2v) is 5.97. The van der Waals surface area contributed by atoms with Gasteiger partial charge in [-0.05, 0) is 47.8 Å². The molecule has 0 bridgehead atoms. The average Bonchev–Trinajstić information content (AvgIpc) is 2.81. The number of pyridine rings is 1. The molecular weight excluding hydrogens is 304 g/mol. The first-order valence-corrected chi connectivity index (χ1v) is 7.45. The molecule has 0 saturated carbocycles. The standard InChI is InChI=1S/C15H17BrN2O/c1-10-5-6-13(19-10)9-17-14-4-2-3-11-7-12(16)8-18-15(11)14/h2-4,7-8,10,13,17H,5-6,9H2,1H3. The lowest BCUT2D eigenvalue weighted by Crippen LogP contribution is -2.19. The van der Waals surface area contributed by atoms with Crippen LogP contribution >= 0.6 is 15.9 Å². The summed E-state index contributed by atoms with van der Waals surface area (Å²) >= 11 is 3.45. The van der Waals surface area contributed by atoms with Crippen LogP contribution in [0.2, 0.25) is 0 Å². The quantitative estimate of drug-likeness (QED) is 0.928. The number of rotatable bonds is 3. The van der Waals surface area contributed by atoms with Crippen LogP contribution in [0.4, 0.5) is 5.69 Å². The van der Waals surface area contributed by atoms with Gasteiger partial charge in [0, 0.05) is 22.6 Å². The highest BCUT2D eigenvalue weighted by Crippen LogP contribution is 2.25. The van der Waals surface area contributed by atoms with Crippen molar-refractivity contribution in [3.63, 3.8) is 0 Å². The number of anilines is 1. The molecule has 1 aromatic heterocycles. The predicted octanol–water partition coefficient (Wildman–Crippen LogP) is 3.98. The van der Waals surface area contributed by atoms with Crippen molar-refractivity contribution in [1.82, 2.24) is 4.98 Å². The van der Waals surface area contributed by atoms with Gasteiger partial charge in [-0.3, -0.25) is 4.98 Å². The highest BCUT2D eigenvalue weighted by atomic mass is 79.9. The third kappa shape index (κ3) is 2.90. The summed E-state index contributed by atoms with van der Waals surface area (Å²) in [6, 6.07) is 8.28. The average molecular weight is 321 g/mol. The lowest BCUT2D eigenvalue weighted by atomic mass is 10.1. The SMILES string of the molecule is CC1CCC(CNc2cccc3cc(Br)cnc23)O1. The van der Waals surface area contributed by atoms with Crippen LogP contribution in [0.15, 0.2) is 34.9 Å². The van der Waals surface area contributed by atoms with Crippen LogP contribution in [0, 0.1) is 0 Å². The van der Waals surface area contributed by atoms with Gasteiger partial charge in [0.2, 0.25) is 0 Å². The lowest BCUT2D eigenvalue weighted by Gasteiger charge is -2.14. The molecule has 0 radical (unpaired) electrons. The van der Waals surface area contributed by atoms with E-state index in [9.17, 15) is 0 Å². The van der Waals surface area contributed by atoms with Gasteiger partial charge in [0.05, 0.1) is 23.4 Å². The molecule has 2 unspecified atom stereocenters. The lowest BCUT2D eigenvalue weighted by molar-refractivity contribution is 0.0637. The van der Waals surface area contributed by atoms with E-state index in [0.29, 0.717) is 12.2 Å². The predicted molar refractivity (Wildman–Crippen MR) is 81.5 cm³/mol. The third-order valence-corrected chi connectivity index (χ3v) is 3.95. The summed E-state index contributed by atoms with van der Waals surface area (Å²) in [5.74, 6) is 0. The Kier molecular flexibility index (Phi) is 3.71. The Labute approximate surface area is 121 Å². The van der Waals surface area contributed by atoms with Crippen molar-refractivity contribution in [3.05, 3.63) is 34.9 Å². The molecule has 1 saturated heterocycles. The van der Waals surface area contributed by atoms with Gasteiger partial charge in [-0.1, -0.05) is 12.1 Å². The Hall–Kier alpha value is -1.13. The maximum absolute atomic E-state index is 5.82. The molecule has 0 spiro atoms. The van der Waals surface area contributed by atoms with E-state index in [0.717, 1.165) is 40.4 Å². The molecule has 19 heavy (non-hydrogen) atoms. The fourth-order valence-electron chi connectivity index (χ4n) is 2.54. The minimum atomic E-state index is 0.320. The molecule has 1 N–H and O–H groups in total. The molecule has 1 aliphatic rings. The van der Waals surface area contributed by atoms with Gasteiger partial charge < -0.3 is 10.1 Å². The zero-order valence-electron chi connectivity index (χ0n) is 10.9. The molecule has 4 heteroatoms. The Morgan fingerprint density at radius 1 is 1.42 bits per heavy atom. The molecule has 3 rings (SSSR count). The van der Waals surface area contributed by atoms with Crippen LogP contribution in [-0.4, -0.2) is 23.7 Å². The summed E-state index contributed by atoms with van der Waals surface area (Å²) in [7, 11) is 0. The molecular formula is C15H17BrN2O. The molecule has 100 valence electrons. The molecule has 2 aromatic rings. The highest BCUT2D eigenvalue weighted by molar-refractivity contribution is 9.10. The number of hydrogen-bond acceptors (Lipinski definition) is 3. The Morgan fingerprint density at radius 3 is 3.11 bits per heavy atom. The van der Waals surface area contributed by atoms with Crippen LogP contribution in [0.25, 0.3) is 10.9 Å². The van der Waals surface area contributed by atoms with Gasteiger partial charge in [0.15, 0.2) is 0 Å². The maximum Gasteiger partial charge on any atom is 0.0934 e. The highest BCUT2D eigenvalue weighted by Gasteiger charge is 2.21. The largest absolute Gasteiger partial charge is 0.381 e. The van der Waals surface area contributed by atoms with Crippen molar-refractivity contribution < 1.29 is 4.74 Å². The van der Waals surface area contributed by atoms with E-state index in [4.69, 9.17) is 4.74 Å². The second-order valence-electron chi connectivity index (χ2n) is 5.06. The van der Waals surface area contributed by atoms with Crippen LogP contribution in [0.5, 0.6) is 0 Å². The van der Waals surface area contributed by atoms with Gasteiger partial charge in [-0.15, -0.1) is 0 Å². The van der Waals surface area contributed by atoms with Gasteiger partial charge in [0.1, 0.15) is 0 Å². The zero-order valence-corrected chi connectivity index (χ0v) is 12.5. The van der Waals surface area contributed by atoms with E-state index in [2.05, 4.69) is 57.4 Å². The summed E-state index contributed by atoms with van der Waals surface area (Å²) in [5, 5.41) is 4.61. The monoisotopic (exact) mass is 320 g/mol. The summed E-state index contributed by atoms with van der Waals surface area (Å²) in [5.41, 5.74) is 2.09. The number of benzene rings is 1. The van der Waals surface area contributed by atoms with Crippen LogP contribution in [0.3, 0.4) is 0 Å². The van der Waals surface area contributed by atoms with E-state index in [-0.39, 0.29) is 0 Å². The Morgan fingerprint density at radius 2 is 2.32 bits per heavy atom. The third-order valence-electron chi connectivity index (χ3n) is 3.52. The number of halogens is 1. The minimum absolute atomic E-state index is 0.320. The number of nitrogens with zero attached hydrogens (tertiary/aromatic N) is 1. The number of para-hydroxylation sites is 1. The summed E-state index contributed by atoms with van der Waals surface area (Å²) in [6.07, 6.45) is 4.85. The van der Waals surface area contributed by atoms with Crippen molar-refractivity contribution in [2.24, 2.45) is 0 Å². The van der Waals surface area contributed by atoms with E-state index >= 15 is 0 Å². The minimum Gasteiger partial charge on any atom is -0.381 e. The summed E-state index contributed by atoms with van der Waals surface area (Å²) in [6.45, 7) is 2.98. The van der Waals surface area contributed by atoms with Gasteiger partial charge in [-0.2, -0.15) is 0 Å². The van der Waals surface area contributed by atoms with Crippen molar-refractivity contribution >= 4 is 32.5 Å². The first-order chi connectivity index (χ1) is 9.22. The smallest absolute Gasteiger partial charge is 0.0934 e. The molecule has 1 aliphatic heterocycles. The zero-order chi connectivity index (χ0) is 13.2. The van der Waals surface area contributed by atoms with Crippen molar-refractivity contribution in [2.75, 3.05) is 11.9 Å². The van der Waals surface area contributed by atoms with Crippen molar-refractivity contribution in [1.29, 1.82) is 0 Å². The fourth-order valence-corrected chi connectivity index (χ4v) is 2.88. The van der Waals surface area contributed by atoms with Crippen LogP contribution in [0.1, 0.15) is 19.8 Å². The summed E-state index contributed by atoms with van der Waals surface area (Å²) < 4.78 is 6.83. The Balaban J connectivity index is 1.77. The first-order valence-electron chi connectivity index (χ1n) is 6.66. The summed E-state index contributed by atoms with van der Waals surface area (Å²) in [4.78, 5) is 4.49. The van der Waals surface area contributed by atoms with Gasteiger partial charge in [0.25, 0.3) is 0 Å².